The second-order valence-corrected chi connectivity index (χ2v) is 33.1. The zero-order valence-electron chi connectivity index (χ0n) is 73.2. The first-order valence-electron chi connectivity index (χ1n) is 42.3. The van der Waals surface area contributed by atoms with Gasteiger partial charge in [-0.2, -0.15) is 0 Å². The van der Waals surface area contributed by atoms with Crippen LogP contribution in [0.1, 0.15) is 99.6 Å². The van der Waals surface area contributed by atoms with Gasteiger partial charge in [-0.05, 0) is 0 Å². The van der Waals surface area contributed by atoms with Crippen molar-refractivity contribution in [3.8, 4) is 77.9 Å². The van der Waals surface area contributed by atoms with Gasteiger partial charge in [-0.25, -0.2) is 0 Å². The molecule has 0 saturated carbocycles. The van der Waals surface area contributed by atoms with Crippen LogP contribution in [0.25, 0.3) is 77.9 Å². The predicted octanol–water partition coefficient (Wildman–Crippen LogP) is 20.3. The van der Waals surface area contributed by atoms with E-state index >= 15 is 0 Å². The summed E-state index contributed by atoms with van der Waals surface area (Å²) in [6.45, 7) is 17.0. The molecule has 0 saturated heterocycles. The van der Waals surface area contributed by atoms with E-state index in [4.69, 9.17) is 1.37 Å². The number of nitrogens with zero attached hydrogens (tertiary/aromatic N) is 2. The zero-order chi connectivity index (χ0) is 82.4. The van der Waals surface area contributed by atoms with Gasteiger partial charge in [0.25, 0.3) is 0 Å². The summed E-state index contributed by atoms with van der Waals surface area (Å²) in [7, 11) is 0. The summed E-state index contributed by atoms with van der Waals surface area (Å²) >= 11 is -0.00782. The van der Waals surface area contributed by atoms with Crippen molar-refractivity contribution in [3.63, 3.8) is 0 Å². The van der Waals surface area contributed by atoms with Crippen LogP contribution in [-0.2, 0) is 16.2 Å². The summed E-state index contributed by atoms with van der Waals surface area (Å²) in [5.41, 5.74) is 13.3. The molecular weight excluding hydrogens is 1310 g/mol. The Hall–Kier alpha value is -10.3. The summed E-state index contributed by atoms with van der Waals surface area (Å²) in [5, 5.41) is 0. The molecule has 14 aromatic rings. The maximum atomic E-state index is 12.0. The van der Waals surface area contributed by atoms with E-state index in [0.717, 1.165) is 73.0 Å². The van der Waals surface area contributed by atoms with Crippen LogP contribution in [0.2, 0.25) is 0 Å². The van der Waals surface area contributed by atoms with E-state index in [2.05, 4.69) is 157 Å². The molecule has 0 amide bonds. The van der Waals surface area contributed by atoms with Gasteiger partial charge in [0.1, 0.15) is 0 Å². The normalized spacial score (nSPS) is 15.4. The third-order valence-corrected chi connectivity index (χ3v) is 23.8. The van der Waals surface area contributed by atoms with Crippen LogP contribution in [0.4, 0.5) is 34.1 Å². The zero-order valence-corrected chi connectivity index (χ0v) is 60.7. The van der Waals surface area contributed by atoms with Crippen LogP contribution >= 0.6 is 11.8 Å². The molecule has 0 bridgehead atoms. The quantitative estimate of drug-likeness (QED) is 0.133. The van der Waals surface area contributed by atoms with Gasteiger partial charge < -0.3 is 0 Å². The topological polar surface area (TPSA) is 6.48 Å². The minimum absolute atomic E-state index is 0.0310. The molecule has 0 aliphatic carbocycles. The fraction of sp³-hybridized carbons (Fsp3) is 0.125. The minimum atomic E-state index is -1.28. The summed E-state index contributed by atoms with van der Waals surface area (Å²) in [4.78, 5) is 4.92. The standard InChI is InChI=1S/C96H78B2N2SSe/c1-94(2,3)71-54-74(64-37-23-13-24-38-64)91(75(55-71)65-39-25-14-26-40-65)99-81-53-70(63-35-21-12-22-36-63)45-48-78(81)98-88-82(99)58-73(96(7,8)9)59-83(88)100(92-76(66-41-27-15-28-42-66)56-72(95(4,5)6)57-77(92)67-43-29-16-30-44-67)84-60-86-90-93(89(84)98)102-87-50-47-69(62-33-19-11-20-34-62)52-80(87)97(90)79-51-68(46-49-85(79)101-86)61-31-17-10-18-32-61/h10-60H,1-9H3/i12D,21D,22D,35D,36D,45D,46D,47D,48D,49D,50D,51D,52D,53D,60D. The van der Waals surface area contributed by atoms with Crippen molar-refractivity contribution in [1.82, 2.24) is 0 Å². The van der Waals surface area contributed by atoms with Gasteiger partial charge in [-0.3, -0.25) is 0 Å². The molecule has 0 fully saturated rings. The van der Waals surface area contributed by atoms with Crippen molar-refractivity contribution >= 4 is 116 Å². The molecule has 0 spiro atoms. The fourth-order valence-electron chi connectivity index (χ4n) is 15.1. The van der Waals surface area contributed by atoms with Crippen molar-refractivity contribution < 1.29 is 20.6 Å². The van der Waals surface area contributed by atoms with Crippen molar-refractivity contribution in [2.75, 3.05) is 9.80 Å². The van der Waals surface area contributed by atoms with Crippen LogP contribution in [0.3, 0.4) is 0 Å². The second-order valence-electron chi connectivity index (χ2n) is 29.9. The molecule has 2 nitrogen and oxygen atoms in total. The first kappa shape index (κ1) is 49.3. The Morgan fingerprint density at radius 2 is 0.716 bits per heavy atom. The fourth-order valence-corrected chi connectivity index (χ4v) is 18.9. The van der Waals surface area contributed by atoms with E-state index in [-0.39, 0.29) is 75.0 Å². The Balaban J connectivity index is 1.12. The van der Waals surface area contributed by atoms with Crippen molar-refractivity contribution in [2.24, 2.45) is 0 Å². The number of anilines is 6. The van der Waals surface area contributed by atoms with Crippen molar-refractivity contribution in [2.45, 2.75) is 88.3 Å². The van der Waals surface area contributed by atoms with E-state index in [1.54, 1.807) is 0 Å². The first-order chi connectivity index (χ1) is 55.8. The van der Waals surface area contributed by atoms with E-state index < -0.39 is 98.5 Å². The molecule has 4 aliphatic rings. The molecule has 102 heavy (non-hydrogen) atoms. The van der Waals surface area contributed by atoms with Crippen LogP contribution in [0.15, 0.2) is 319 Å². The Labute approximate surface area is 634 Å². The third-order valence-electron chi connectivity index (χ3n) is 20.3. The number of hydrogen-bond acceptors (Lipinski definition) is 3. The molecule has 14 aromatic carbocycles. The van der Waals surface area contributed by atoms with Crippen LogP contribution in [0.5, 0.6) is 0 Å². The Morgan fingerprint density at radius 3 is 1.18 bits per heavy atom. The van der Waals surface area contributed by atoms with E-state index in [9.17, 15) is 19.2 Å². The SMILES string of the molecule is [2H]c1c([2H])c([2H])c(-c2c([2H])c([2H])c3c(c2[2H])N(c2c(-c4ccccc4)cc(C(C)(C)C)cc2-c2ccccc2)c2cc(C(C)(C)C)cc4c2B3c2c3c5c(c([2H])c2N4c2c(-c4ccccc4)cc(C(C)(C)C)cc2-c2ccccc2)Sc2c([2H])c([2H])c(-c4ccccc4)c([2H])c2B5c2c([2H])c(-c4ccccc4)c([2H])c([2H])c2[Se]3)c([2H])c1[2H]. The van der Waals surface area contributed by atoms with Crippen molar-refractivity contribution in [1.29, 1.82) is 0 Å². The van der Waals surface area contributed by atoms with Gasteiger partial charge in [0.15, 0.2) is 0 Å². The van der Waals surface area contributed by atoms with Gasteiger partial charge in [0.2, 0.25) is 0 Å². The molecule has 6 heteroatoms. The Bertz CT molecular complexity index is 6370. The molecule has 0 N–H and O–H groups in total. The van der Waals surface area contributed by atoms with E-state index in [1.165, 1.54) is 0 Å². The first-order valence-corrected chi connectivity index (χ1v) is 37.3. The molecule has 4 aliphatic heterocycles. The average molecular weight is 1410 g/mol. The molecule has 4 heterocycles. The number of hydrogen-bond donors (Lipinski definition) is 0. The predicted molar refractivity (Wildman–Crippen MR) is 441 cm³/mol. The number of rotatable bonds is 9. The third kappa shape index (κ3) is 10.9. The monoisotopic (exact) mass is 1410 g/mol. The molecule has 490 valence electrons. The van der Waals surface area contributed by atoms with Gasteiger partial charge in [0, 0.05) is 0 Å². The maximum absolute atomic E-state index is 12.0. The second kappa shape index (κ2) is 24.7. The summed E-state index contributed by atoms with van der Waals surface area (Å²) in [6.07, 6.45) is 0. The van der Waals surface area contributed by atoms with Crippen LogP contribution in [0, 0.1) is 0 Å². The molecule has 0 aromatic heterocycles. The van der Waals surface area contributed by atoms with E-state index in [0.29, 0.717) is 80.7 Å². The molecule has 0 atom stereocenters. The summed E-state index contributed by atoms with van der Waals surface area (Å²) in [5.74, 6) is 0. The van der Waals surface area contributed by atoms with Gasteiger partial charge in [-0.15, -0.1) is 0 Å². The van der Waals surface area contributed by atoms with E-state index in [1.807, 2.05) is 133 Å². The van der Waals surface area contributed by atoms with Crippen LogP contribution < -0.4 is 51.5 Å². The molecule has 0 unspecified atom stereocenters. The average Bonchev–Trinajstić information content (AvgIpc) is 0.659. The molecule has 18 rings (SSSR count). The Morgan fingerprint density at radius 1 is 0.314 bits per heavy atom. The van der Waals surface area contributed by atoms with Gasteiger partial charge in [0.05, 0.1) is 0 Å². The van der Waals surface area contributed by atoms with Gasteiger partial charge >= 0.3 is 638 Å². The molecule has 0 radical (unpaired) electrons. The summed E-state index contributed by atoms with van der Waals surface area (Å²) in [6, 6.07) is 66.3. The number of benzene rings is 14. The number of fused-ring (bicyclic) bond motifs is 9. The van der Waals surface area contributed by atoms with Crippen molar-refractivity contribution in [3.05, 3.63) is 326 Å². The van der Waals surface area contributed by atoms with Crippen LogP contribution in [-0.4, -0.2) is 28.4 Å². The Kier molecular flexibility index (Phi) is 12.0. The van der Waals surface area contributed by atoms with Gasteiger partial charge in [-0.1, -0.05) is 0 Å². The summed E-state index contributed by atoms with van der Waals surface area (Å²) < 4.78 is 157. The molecular formula is C96H78B2N2SSe.